The van der Waals surface area contributed by atoms with Crippen LogP contribution in [0.15, 0.2) is 48.5 Å². The molecule has 0 fully saturated rings. The minimum absolute atomic E-state index is 0.0150. The Morgan fingerprint density at radius 2 is 1.05 bits per heavy atom. The second kappa shape index (κ2) is 6.03. The van der Waals surface area contributed by atoms with Gasteiger partial charge in [-0.3, -0.25) is 0 Å². The molecule has 0 amide bonds. The molecule has 2 rings (SSSR count). The van der Waals surface area contributed by atoms with Crippen LogP contribution in [0.25, 0.3) is 0 Å². The number of rotatable bonds is 4. The van der Waals surface area contributed by atoms with Crippen molar-refractivity contribution in [3.8, 4) is 0 Å². The van der Waals surface area contributed by atoms with E-state index in [1.54, 1.807) is 0 Å². The number of hydrogen-bond donors (Lipinski definition) is 0. The third kappa shape index (κ3) is 3.68. The van der Waals surface area contributed by atoms with Crippen LogP contribution in [-0.4, -0.2) is 6.10 Å². The zero-order valence-corrected chi connectivity index (χ0v) is 12.2. The summed E-state index contributed by atoms with van der Waals surface area (Å²) in [5.74, 6) is 0. The molecule has 0 aliphatic carbocycles. The highest BCUT2D eigenvalue weighted by Crippen LogP contribution is 2.27. The molecule has 0 bridgehead atoms. The summed E-state index contributed by atoms with van der Waals surface area (Å²) in [5.41, 5.74) is 4.97. The maximum absolute atomic E-state index is 6.10. The largest absolute Gasteiger partial charge is 0.366 e. The van der Waals surface area contributed by atoms with Gasteiger partial charge in [-0.15, -0.1) is 0 Å². The van der Waals surface area contributed by atoms with E-state index in [0.717, 1.165) is 0 Å². The highest BCUT2D eigenvalue weighted by Gasteiger charge is 2.16. The lowest BCUT2D eigenvalue weighted by molar-refractivity contribution is 0.0304. The molecule has 1 heteroatoms. The second-order valence-electron chi connectivity index (χ2n) is 5.39. The summed E-state index contributed by atoms with van der Waals surface area (Å²) >= 11 is 0. The highest BCUT2D eigenvalue weighted by molar-refractivity contribution is 5.33. The number of aryl methyl sites for hydroxylation is 2. The van der Waals surface area contributed by atoms with Crippen LogP contribution in [0.5, 0.6) is 0 Å². The van der Waals surface area contributed by atoms with Crippen LogP contribution in [0.2, 0.25) is 0 Å². The first-order chi connectivity index (χ1) is 9.06. The minimum Gasteiger partial charge on any atom is -0.366 e. The molecule has 0 aromatic heterocycles. The standard InChI is InChI=1S/C18H22O/c1-13(2)19-18(16-9-5-14(3)6-10-16)17-11-7-15(4)8-12-17/h5-13,18H,1-4H3. The summed E-state index contributed by atoms with van der Waals surface area (Å²) in [6.45, 7) is 8.37. The lowest BCUT2D eigenvalue weighted by Gasteiger charge is -2.21. The Bertz CT molecular complexity index is 463. The average Bonchev–Trinajstić information content (AvgIpc) is 2.38. The molecule has 0 aliphatic heterocycles. The van der Waals surface area contributed by atoms with Gasteiger partial charge in [0, 0.05) is 0 Å². The fraction of sp³-hybridized carbons (Fsp3) is 0.333. The first kappa shape index (κ1) is 13.8. The Kier molecular flexibility index (Phi) is 4.39. The van der Waals surface area contributed by atoms with Crippen molar-refractivity contribution in [1.82, 2.24) is 0 Å². The lowest BCUT2D eigenvalue weighted by atomic mass is 9.99. The van der Waals surface area contributed by atoms with E-state index in [1.165, 1.54) is 22.3 Å². The monoisotopic (exact) mass is 254 g/mol. The van der Waals surface area contributed by atoms with Gasteiger partial charge in [0.25, 0.3) is 0 Å². The Morgan fingerprint density at radius 3 is 1.37 bits per heavy atom. The predicted octanol–water partition coefficient (Wildman–Crippen LogP) is 4.82. The van der Waals surface area contributed by atoms with Crippen LogP contribution in [0, 0.1) is 13.8 Å². The van der Waals surface area contributed by atoms with E-state index in [-0.39, 0.29) is 12.2 Å². The van der Waals surface area contributed by atoms with Gasteiger partial charge in [0.2, 0.25) is 0 Å². The van der Waals surface area contributed by atoms with Gasteiger partial charge in [-0.2, -0.15) is 0 Å². The lowest BCUT2D eigenvalue weighted by Crippen LogP contribution is -2.12. The van der Waals surface area contributed by atoms with Crippen LogP contribution >= 0.6 is 0 Å². The molecular weight excluding hydrogens is 232 g/mol. The number of benzene rings is 2. The van der Waals surface area contributed by atoms with Gasteiger partial charge in [-0.05, 0) is 38.8 Å². The van der Waals surface area contributed by atoms with Crippen molar-refractivity contribution >= 4 is 0 Å². The van der Waals surface area contributed by atoms with Gasteiger partial charge in [-0.1, -0.05) is 59.7 Å². The van der Waals surface area contributed by atoms with Crippen molar-refractivity contribution in [1.29, 1.82) is 0 Å². The maximum Gasteiger partial charge on any atom is 0.108 e. The molecule has 0 heterocycles. The zero-order chi connectivity index (χ0) is 13.8. The van der Waals surface area contributed by atoms with Gasteiger partial charge in [-0.25, -0.2) is 0 Å². The normalized spacial score (nSPS) is 11.3. The van der Waals surface area contributed by atoms with E-state index in [0.29, 0.717) is 0 Å². The van der Waals surface area contributed by atoms with E-state index in [1.807, 2.05) is 0 Å². The quantitative estimate of drug-likeness (QED) is 0.760. The summed E-state index contributed by atoms with van der Waals surface area (Å²) < 4.78 is 6.10. The topological polar surface area (TPSA) is 9.23 Å². The average molecular weight is 254 g/mol. The Balaban J connectivity index is 2.35. The molecule has 2 aromatic carbocycles. The zero-order valence-electron chi connectivity index (χ0n) is 12.2. The number of ether oxygens (including phenoxy) is 1. The van der Waals surface area contributed by atoms with E-state index in [2.05, 4.69) is 76.2 Å². The van der Waals surface area contributed by atoms with Crippen molar-refractivity contribution in [3.63, 3.8) is 0 Å². The van der Waals surface area contributed by atoms with Crippen LogP contribution in [0.4, 0.5) is 0 Å². The molecule has 0 atom stereocenters. The molecule has 19 heavy (non-hydrogen) atoms. The van der Waals surface area contributed by atoms with Crippen LogP contribution in [-0.2, 0) is 4.74 Å². The van der Waals surface area contributed by atoms with Gasteiger partial charge in [0.05, 0.1) is 6.10 Å². The molecule has 1 nitrogen and oxygen atoms in total. The molecule has 100 valence electrons. The van der Waals surface area contributed by atoms with Gasteiger partial charge >= 0.3 is 0 Å². The molecular formula is C18H22O. The fourth-order valence-electron chi connectivity index (χ4n) is 2.10. The van der Waals surface area contributed by atoms with Crippen molar-refractivity contribution < 1.29 is 4.74 Å². The molecule has 0 unspecified atom stereocenters. The van der Waals surface area contributed by atoms with E-state index in [4.69, 9.17) is 4.74 Å². The van der Waals surface area contributed by atoms with Gasteiger partial charge in [0.15, 0.2) is 0 Å². The maximum atomic E-state index is 6.10. The van der Waals surface area contributed by atoms with E-state index in [9.17, 15) is 0 Å². The molecule has 0 N–H and O–H groups in total. The summed E-state index contributed by atoms with van der Waals surface area (Å²) in [4.78, 5) is 0. The summed E-state index contributed by atoms with van der Waals surface area (Å²) in [6, 6.07) is 17.2. The Labute approximate surface area is 116 Å². The molecule has 2 aromatic rings. The number of hydrogen-bond acceptors (Lipinski definition) is 1. The Hall–Kier alpha value is -1.60. The second-order valence-corrected chi connectivity index (χ2v) is 5.39. The third-order valence-corrected chi connectivity index (χ3v) is 3.17. The molecule has 0 aliphatic rings. The molecule has 0 radical (unpaired) electrons. The van der Waals surface area contributed by atoms with Crippen molar-refractivity contribution in [2.24, 2.45) is 0 Å². The summed E-state index contributed by atoms with van der Waals surface area (Å²) in [5, 5.41) is 0. The van der Waals surface area contributed by atoms with Crippen LogP contribution in [0.1, 0.15) is 42.2 Å². The van der Waals surface area contributed by atoms with Crippen molar-refractivity contribution in [2.75, 3.05) is 0 Å². The first-order valence-corrected chi connectivity index (χ1v) is 6.85. The Morgan fingerprint density at radius 1 is 0.684 bits per heavy atom. The highest BCUT2D eigenvalue weighted by atomic mass is 16.5. The SMILES string of the molecule is Cc1ccc(C(OC(C)C)c2ccc(C)cc2)cc1. The van der Waals surface area contributed by atoms with E-state index >= 15 is 0 Å². The molecule has 0 spiro atoms. The summed E-state index contributed by atoms with van der Waals surface area (Å²) in [7, 11) is 0. The van der Waals surface area contributed by atoms with Gasteiger partial charge in [0.1, 0.15) is 6.10 Å². The molecule has 0 saturated heterocycles. The predicted molar refractivity (Wildman–Crippen MR) is 80.4 cm³/mol. The summed E-state index contributed by atoms with van der Waals surface area (Å²) in [6.07, 6.45) is 0.216. The first-order valence-electron chi connectivity index (χ1n) is 6.85. The van der Waals surface area contributed by atoms with Crippen LogP contribution < -0.4 is 0 Å². The molecule has 0 saturated carbocycles. The third-order valence-electron chi connectivity index (χ3n) is 3.17. The minimum atomic E-state index is 0.0150. The van der Waals surface area contributed by atoms with Crippen LogP contribution in [0.3, 0.4) is 0 Å². The van der Waals surface area contributed by atoms with Gasteiger partial charge < -0.3 is 4.74 Å². The smallest absolute Gasteiger partial charge is 0.108 e. The fourth-order valence-corrected chi connectivity index (χ4v) is 2.10. The van der Waals surface area contributed by atoms with E-state index < -0.39 is 0 Å². The van der Waals surface area contributed by atoms with Crippen molar-refractivity contribution in [2.45, 2.75) is 39.9 Å². The van der Waals surface area contributed by atoms with Crippen molar-refractivity contribution in [3.05, 3.63) is 70.8 Å².